The van der Waals surface area contributed by atoms with Crippen LogP contribution in [0.1, 0.15) is 60.9 Å². The normalized spacial score (nSPS) is 18.2. The number of imidazole rings is 1. The first-order chi connectivity index (χ1) is 16.3. The Labute approximate surface area is 194 Å². The maximum absolute atomic E-state index is 14.2. The number of aryl methyl sites for hydroxylation is 1. The lowest BCUT2D eigenvalue weighted by atomic mass is 10.0. The van der Waals surface area contributed by atoms with E-state index in [2.05, 4.69) is 19.9 Å². The monoisotopic (exact) mass is 463 g/mol. The molecule has 4 heterocycles. The molecule has 0 bridgehead atoms. The highest BCUT2D eigenvalue weighted by molar-refractivity contribution is 5.96. The molecule has 8 nitrogen and oxygen atoms in total. The van der Waals surface area contributed by atoms with Crippen LogP contribution in [-0.4, -0.2) is 47.4 Å². The van der Waals surface area contributed by atoms with Gasteiger partial charge in [-0.3, -0.25) is 4.79 Å². The first kappa shape index (κ1) is 20.9. The zero-order valence-corrected chi connectivity index (χ0v) is 19.0. The molecule has 1 atom stereocenters. The van der Waals surface area contributed by atoms with Gasteiger partial charge >= 0.3 is 0 Å². The number of likely N-dealkylation sites (N-methyl/N-ethyl adjacent to an activating group) is 1. The SMILES string of the molecule is Cc1cn(-c2nc3cccc(-c4nc(C5CC5)n5c4CN(C)C(=O)[C@H]5C)c3cc2C(F)F)nn1. The van der Waals surface area contributed by atoms with Crippen molar-refractivity contribution in [3.05, 3.63) is 53.2 Å². The van der Waals surface area contributed by atoms with E-state index in [1.54, 1.807) is 31.1 Å². The maximum Gasteiger partial charge on any atom is 0.267 e. The Morgan fingerprint density at radius 1 is 1.18 bits per heavy atom. The van der Waals surface area contributed by atoms with Gasteiger partial charge in [-0.25, -0.2) is 23.4 Å². The van der Waals surface area contributed by atoms with E-state index in [0.29, 0.717) is 29.1 Å². The van der Waals surface area contributed by atoms with Crippen molar-refractivity contribution in [2.24, 2.45) is 0 Å². The number of carbonyl (C=O) groups is 1. The van der Waals surface area contributed by atoms with Crippen LogP contribution in [0.15, 0.2) is 30.5 Å². The van der Waals surface area contributed by atoms with Gasteiger partial charge in [0.05, 0.1) is 40.9 Å². The number of halogens is 2. The average Bonchev–Trinajstić information content (AvgIpc) is 3.46. The van der Waals surface area contributed by atoms with Crippen molar-refractivity contribution in [2.45, 2.75) is 51.6 Å². The van der Waals surface area contributed by atoms with Crippen molar-refractivity contribution in [3.8, 4) is 17.1 Å². The third kappa shape index (κ3) is 3.12. The lowest BCUT2D eigenvalue weighted by Crippen LogP contribution is -2.39. The molecule has 4 aromatic rings. The number of alkyl halides is 2. The molecule has 1 fully saturated rings. The lowest BCUT2D eigenvalue weighted by Gasteiger charge is -2.31. The number of aromatic nitrogens is 6. The summed E-state index contributed by atoms with van der Waals surface area (Å²) in [6.07, 6.45) is 0.914. The van der Waals surface area contributed by atoms with Crippen LogP contribution in [0.25, 0.3) is 28.0 Å². The highest BCUT2D eigenvalue weighted by atomic mass is 19.3. The van der Waals surface area contributed by atoms with E-state index in [1.165, 1.54) is 10.7 Å². The Hall–Kier alpha value is -3.69. The van der Waals surface area contributed by atoms with Crippen LogP contribution in [0.4, 0.5) is 8.78 Å². The quantitative estimate of drug-likeness (QED) is 0.450. The van der Waals surface area contributed by atoms with Gasteiger partial charge in [0.15, 0.2) is 5.82 Å². The number of benzene rings is 1. The van der Waals surface area contributed by atoms with E-state index >= 15 is 0 Å². The molecule has 2 aliphatic rings. The van der Waals surface area contributed by atoms with Crippen LogP contribution in [0.2, 0.25) is 0 Å². The van der Waals surface area contributed by atoms with Crippen molar-refractivity contribution in [2.75, 3.05) is 7.05 Å². The number of pyridine rings is 1. The first-order valence-corrected chi connectivity index (χ1v) is 11.3. The number of nitrogens with zero attached hydrogens (tertiary/aromatic N) is 7. The molecule has 0 spiro atoms. The third-order valence-electron chi connectivity index (χ3n) is 6.67. The number of fused-ring (bicyclic) bond motifs is 2. The van der Waals surface area contributed by atoms with Gasteiger partial charge in [0, 0.05) is 23.9 Å². The second kappa shape index (κ2) is 7.41. The number of hydrogen-bond acceptors (Lipinski definition) is 5. The summed E-state index contributed by atoms with van der Waals surface area (Å²) in [6, 6.07) is 6.67. The first-order valence-electron chi connectivity index (χ1n) is 11.3. The Bertz CT molecular complexity index is 1450. The van der Waals surface area contributed by atoms with Crippen LogP contribution in [-0.2, 0) is 11.3 Å². The molecule has 0 radical (unpaired) electrons. The van der Waals surface area contributed by atoms with Crippen molar-refractivity contribution >= 4 is 16.8 Å². The van der Waals surface area contributed by atoms with E-state index in [-0.39, 0.29) is 23.3 Å². The van der Waals surface area contributed by atoms with Gasteiger partial charge in [-0.15, -0.1) is 5.10 Å². The van der Waals surface area contributed by atoms with E-state index < -0.39 is 6.43 Å². The molecule has 1 amide bonds. The zero-order chi connectivity index (χ0) is 23.7. The average molecular weight is 463 g/mol. The molecule has 174 valence electrons. The second-order valence-corrected chi connectivity index (χ2v) is 9.16. The van der Waals surface area contributed by atoms with Crippen LogP contribution >= 0.6 is 0 Å². The molecule has 0 unspecified atom stereocenters. The highest BCUT2D eigenvalue weighted by Gasteiger charge is 2.38. The Morgan fingerprint density at radius 3 is 2.65 bits per heavy atom. The van der Waals surface area contributed by atoms with Gasteiger partial charge in [0.2, 0.25) is 5.91 Å². The molecular formula is C24H23F2N7O. The molecule has 0 saturated heterocycles. The second-order valence-electron chi connectivity index (χ2n) is 9.16. The predicted molar refractivity (Wildman–Crippen MR) is 121 cm³/mol. The van der Waals surface area contributed by atoms with Crippen molar-refractivity contribution < 1.29 is 13.6 Å². The Kier molecular flexibility index (Phi) is 4.55. The zero-order valence-electron chi connectivity index (χ0n) is 19.0. The number of carbonyl (C=O) groups excluding carboxylic acids is 1. The van der Waals surface area contributed by atoms with E-state index in [1.807, 2.05) is 19.1 Å². The minimum absolute atomic E-state index is 0.0469. The summed E-state index contributed by atoms with van der Waals surface area (Å²) in [7, 11) is 1.78. The summed E-state index contributed by atoms with van der Waals surface area (Å²) < 4.78 is 31.7. The minimum Gasteiger partial charge on any atom is -0.338 e. The Balaban J connectivity index is 1.59. The van der Waals surface area contributed by atoms with Crippen LogP contribution in [0.3, 0.4) is 0 Å². The molecule has 3 aromatic heterocycles. The van der Waals surface area contributed by atoms with Crippen LogP contribution < -0.4 is 0 Å². The fourth-order valence-electron chi connectivity index (χ4n) is 4.85. The molecule has 1 aromatic carbocycles. The molecule has 1 aliphatic carbocycles. The number of amides is 1. The molecule has 6 rings (SSSR count). The maximum atomic E-state index is 14.2. The van der Waals surface area contributed by atoms with Crippen molar-refractivity contribution in [3.63, 3.8) is 0 Å². The summed E-state index contributed by atoms with van der Waals surface area (Å²) >= 11 is 0. The molecule has 0 N–H and O–H groups in total. The van der Waals surface area contributed by atoms with Gasteiger partial charge in [-0.05, 0) is 38.8 Å². The fraction of sp³-hybridized carbons (Fsp3) is 0.375. The summed E-state index contributed by atoms with van der Waals surface area (Å²) in [5, 5.41) is 8.45. The van der Waals surface area contributed by atoms with Gasteiger partial charge in [0.25, 0.3) is 6.43 Å². The largest absolute Gasteiger partial charge is 0.338 e. The van der Waals surface area contributed by atoms with E-state index in [9.17, 15) is 13.6 Å². The molecule has 1 aliphatic heterocycles. The minimum atomic E-state index is -2.74. The molecular weight excluding hydrogens is 440 g/mol. The number of hydrogen-bond donors (Lipinski definition) is 0. The summed E-state index contributed by atoms with van der Waals surface area (Å²) in [6.45, 7) is 4.05. The van der Waals surface area contributed by atoms with Gasteiger partial charge in [-0.1, -0.05) is 17.3 Å². The van der Waals surface area contributed by atoms with E-state index in [4.69, 9.17) is 4.98 Å². The summed E-state index contributed by atoms with van der Waals surface area (Å²) in [4.78, 5) is 23.9. The number of rotatable bonds is 4. The molecule has 34 heavy (non-hydrogen) atoms. The third-order valence-corrected chi connectivity index (χ3v) is 6.67. The van der Waals surface area contributed by atoms with Gasteiger partial charge in [-0.2, -0.15) is 0 Å². The highest BCUT2D eigenvalue weighted by Crippen LogP contribution is 2.45. The van der Waals surface area contributed by atoms with Gasteiger partial charge < -0.3 is 9.47 Å². The Morgan fingerprint density at radius 2 is 1.97 bits per heavy atom. The predicted octanol–water partition coefficient (Wildman–Crippen LogP) is 4.34. The topological polar surface area (TPSA) is 81.7 Å². The lowest BCUT2D eigenvalue weighted by molar-refractivity contribution is -0.135. The standard InChI is InChI=1S/C24H23F2N7O/c1-12-10-32(30-29-12)23-17(21(25)26)9-16-15(5-4-6-18(16)27-23)20-19-11-31(3)24(34)13(2)33(19)22(28-20)14-7-8-14/h4-6,9-10,13-14,21H,7-8,11H2,1-3H3/t13-/m1/s1. The summed E-state index contributed by atoms with van der Waals surface area (Å²) in [5.41, 5.74) is 3.34. The van der Waals surface area contributed by atoms with E-state index in [0.717, 1.165) is 35.6 Å². The van der Waals surface area contributed by atoms with Crippen molar-refractivity contribution in [1.82, 2.24) is 34.4 Å². The molecule has 1 saturated carbocycles. The fourth-order valence-corrected chi connectivity index (χ4v) is 4.85. The van der Waals surface area contributed by atoms with Crippen molar-refractivity contribution in [1.29, 1.82) is 0 Å². The molecule has 10 heteroatoms. The summed E-state index contributed by atoms with van der Waals surface area (Å²) in [5.74, 6) is 1.35. The smallest absolute Gasteiger partial charge is 0.267 e. The van der Waals surface area contributed by atoms with Gasteiger partial charge in [0.1, 0.15) is 11.9 Å². The van der Waals surface area contributed by atoms with Crippen LogP contribution in [0.5, 0.6) is 0 Å². The van der Waals surface area contributed by atoms with Crippen LogP contribution in [0, 0.1) is 6.92 Å².